The van der Waals surface area contributed by atoms with Crippen molar-refractivity contribution in [1.82, 2.24) is 0 Å². The first-order valence-corrected chi connectivity index (χ1v) is 9.91. The lowest BCUT2D eigenvalue weighted by atomic mass is 10.1. The van der Waals surface area contributed by atoms with Gasteiger partial charge in [-0.2, -0.15) is 5.26 Å². The third-order valence-corrected chi connectivity index (χ3v) is 5.59. The fraction of sp³-hybridized carbons (Fsp3) is 0.286. The van der Waals surface area contributed by atoms with Crippen LogP contribution in [0.3, 0.4) is 0 Å². The number of Topliss-reactive ketones (excluding diaryl/α,β-unsaturated/α-hetero) is 1. The van der Waals surface area contributed by atoms with E-state index in [2.05, 4.69) is 4.90 Å². The van der Waals surface area contributed by atoms with Gasteiger partial charge >= 0.3 is 5.97 Å². The lowest BCUT2D eigenvalue weighted by Crippen LogP contribution is -2.35. The Morgan fingerprint density at radius 3 is 2.59 bits per heavy atom. The van der Waals surface area contributed by atoms with Crippen LogP contribution in [0.2, 0.25) is 0 Å². The SMILES string of the molecule is C/C(N)=C(/C#N)C(=O)COC(=O)c1cc(-c2ccccc2)c(N2CCOCC2)s1. The van der Waals surface area contributed by atoms with Crippen LogP contribution >= 0.6 is 11.3 Å². The number of nitriles is 1. The zero-order valence-corrected chi connectivity index (χ0v) is 16.8. The van der Waals surface area contributed by atoms with Gasteiger partial charge in [0.2, 0.25) is 5.78 Å². The zero-order chi connectivity index (χ0) is 20.8. The molecule has 1 aromatic carbocycles. The molecule has 0 amide bonds. The van der Waals surface area contributed by atoms with Crippen LogP contribution in [0.25, 0.3) is 11.1 Å². The molecule has 0 atom stereocenters. The van der Waals surface area contributed by atoms with Gasteiger partial charge in [0.05, 0.1) is 18.2 Å². The maximum absolute atomic E-state index is 12.6. The van der Waals surface area contributed by atoms with E-state index in [1.807, 2.05) is 30.3 Å². The lowest BCUT2D eigenvalue weighted by molar-refractivity contribution is -0.118. The van der Waals surface area contributed by atoms with Crippen molar-refractivity contribution in [2.24, 2.45) is 5.73 Å². The Kier molecular flexibility index (Phi) is 6.65. The molecule has 1 aliphatic heterocycles. The summed E-state index contributed by atoms with van der Waals surface area (Å²) in [4.78, 5) is 27.2. The highest BCUT2D eigenvalue weighted by Crippen LogP contribution is 2.39. The van der Waals surface area contributed by atoms with E-state index < -0.39 is 18.4 Å². The average Bonchev–Trinajstić information content (AvgIpc) is 3.19. The summed E-state index contributed by atoms with van der Waals surface area (Å²) in [5.41, 5.74) is 7.36. The molecule has 3 rings (SSSR count). The second-order valence-corrected chi connectivity index (χ2v) is 7.49. The number of thiophene rings is 1. The van der Waals surface area contributed by atoms with E-state index in [-0.39, 0.29) is 11.3 Å². The third-order valence-electron chi connectivity index (χ3n) is 4.42. The Morgan fingerprint density at radius 2 is 1.97 bits per heavy atom. The molecule has 8 heteroatoms. The molecular weight excluding hydrogens is 390 g/mol. The van der Waals surface area contributed by atoms with Crippen molar-refractivity contribution < 1.29 is 19.1 Å². The van der Waals surface area contributed by atoms with Gasteiger partial charge in [0.1, 0.15) is 16.5 Å². The predicted octanol–water partition coefficient (Wildman–Crippen LogP) is 2.73. The molecule has 0 bridgehead atoms. The molecule has 2 N–H and O–H groups in total. The number of ketones is 1. The van der Waals surface area contributed by atoms with Crippen molar-refractivity contribution in [3.8, 4) is 17.2 Å². The fourth-order valence-electron chi connectivity index (χ4n) is 2.95. The number of hydrogen-bond acceptors (Lipinski definition) is 8. The number of hydrogen-bond donors (Lipinski definition) is 1. The minimum absolute atomic E-state index is 0.102. The molecule has 1 aliphatic rings. The van der Waals surface area contributed by atoms with Crippen LogP contribution < -0.4 is 10.6 Å². The van der Waals surface area contributed by atoms with Gasteiger partial charge in [-0.05, 0) is 18.6 Å². The summed E-state index contributed by atoms with van der Waals surface area (Å²) in [6, 6.07) is 13.3. The van der Waals surface area contributed by atoms with Crippen molar-refractivity contribution in [2.45, 2.75) is 6.92 Å². The summed E-state index contributed by atoms with van der Waals surface area (Å²) >= 11 is 1.32. The van der Waals surface area contributed by atoms with Crippen LogP contribution in [0.4, 0.5) is 5.00 Å². The quantitative estimate of drug-likeness (QED) is 0.442. The number of anilines is 1. The Balaban J connectivity index is 1.83. The van der Waals surface area contributed by atoms with E-state index in [0.29, 0.717) is 18.1 Å². The number of esters is 1. The van der Waals surface area contributed by atoms with E-state index >= 15 is 0 Å². The van der Waals surface area contributed by atoms with Gasteiger partial charge in [0, 0.05) is 24.4 Å². The third kappa shape index (κ3) is 4.83. The normalized spacial score (nSPS) is 14.7. The van der Waals surface area contributed by atoms with Gasteiger partial charge in [-0.1, -0.05) is 30.3 Å². The predicted molar refractivity (Wildman–Crippen MR) is 111 cm³/mol. The van der Waals surface area contributed by atoms with Crippen LogP contribution in [0.5, 0.6) is 0 Å². The maximum Gasteiger partial charge on any atom is 0.348 e. The van der Waals surface area contributed by atoms with Crippen LogP contribution in [-0.4, -0.2) is 44.7 Å². The van der Waals surface area contributed by atoms with Crippen molar-refractivity contribution in [1.29, 1.82) is 5.26 Å². The van der Waals surface area contributed by atoms with Gasteiger partial charge in [0.15, 0.2) is 6.61 Å². The van der Waals surface area contributed by atoms with Crippen molar-refractivity contribution in [3.05, 3.63) is 52.5 Å². The molecule has 0 radical (unpaired) electrons. The number of carbonyl (C=O) groups excluding carboxylic acids is 2. The summed E-state index contributed by atoms with van der Waals surface area (Å²) in [5.74, 6) is -1.22. The second kappa shape index (κ2) is 9.37. The van der Waals surface area contributed by atoms with E-state index in [9.17, 15) is 9.59 Å². The number of rotatable bonds is 6. The summed E-state index contributed by atoms with van der Waals surface area (Å²) < 4.78 is 10.6. The Hall–Kier alpha value is -3.15. The number of nitrogens with two attached hydrogens (primary N) is 1. The largest absolute Gasteiger partial charge is 0.453 e. The Bertz CT molecular complexity index is 966. The zero-order valence-electron chi connectivity index (χ0n) is 16.0. The molecule has 0 saturated carbocycles. The first-order chi connectivity index (χ1) is 14.0. The first kappa shape index (κ1) is 20.6. The molecule has 0 aliphatic carbocycles. The molecule has 1 aromatic heterocycles. The van der Waals surface area contributed by atoms with Gasteiger partial charge < -0.3 is 20.1 Å². The standard InChI is InChI=1S/C21H21N3O4S/c1-14(23)17(12-22)18(25)13-28-21(26)19-11-16(15-5-3-2-4-6-15)20(29-19)24-7-9-27-10-8-24/h2-6,11H,7-10,13,23H2,1H3/b17-14+. The minimum atomic E-state index is -0.617. The van der Waals surface area contributed by atoms with E-state index in [0.717, 1.165) is 29.2 Å². The van der Waals surface area contributed by atoms with Gasteiger partial charge in [-0.25, -0.2) is 4.79 Å². The summed E-state index contributed by atoms with van der Waals surface area (Å²) in [5, 5.41) is 9.96. The van der Waals surface area contributed by atoms with E-state index in [1.165, 1.54) is 18.3 Å². The summed E-state index contributed by atoms with van der Waals surface area (Å²) in [6.45, 7) is 3.66. The van der Waals surface area contributed by atoms with Crippen LogP contribution in [0.1, 0.15) is 16.6 Å². The number of carbonyl (C=O) groups is 2. The number of benzene rings is 1. The highest BCUT2D eigenvalue weighted by atomic mass is 32.1. The molecule has 0 unspecified atom stereocenters. The molecule has 2 aromatic rings. The molecule has 29 heavy (non-hydrogen) atoms. The van der Waals surface area contributed by atoms with Crippen LogP contribution in [-0.2, 0) is 14.3 Å². The molecule has 150 valence electrons. The second-order valence-electron chi connectivity index (χ2n) is 6.46. The molecule has 1 saturated heterocycles. The fourth-order valence-corrected chi connectivity index (χ4v) is 4.08. The number of nitrogens with zero attached hydrogens (tertiary/aromatic N) is 2. The molecule has 7 nitrogen and oxygen atoms in total. The maximum atomic E-state index is 12.6. The molecule has 2 heterocycles. The minimum Gasteiger partial charge on any atom is -0.453 e. The van der Waals surface area contributed by atoms with Crippen molar-refractivity contribution in [2.75, 3.05) is 37.8 Å². The van der Waals surface area contributed by atoms with E-state index in [1.54, 1.807) is 12.1 Å². The van der Waals surface area contributed by atoms with Crippen molar-refractivity contribution in [3.63, 3.8) is 0 Å². The number of morpholine rings is 1. The highest BCUT2D eigenvalue weighted by Gasteiger charge is 2.23. The number of ether oxygens (including phenoxy) is 2. The number of allylic oxidation sites excluding steroid dienone is 1. The van der Waals surface area contributed by atoms with Gasteiger partial charge in [-0.15, -0.1) is 11.3 Å². The smallest absolute Gasteiger partial charge is 0.348 e. The molecule has 1 fully saturated rings. The highest BCUT2D eigenvalue weighted by molar-refractivity contribution is 7.18. The molecular formula is C21H21N3O4S. The Labute approximate surface area is 172 Å². The van der Waals surface area contributed by atoms with Crippen molar-refractivity contribution >= 4 is 28.1 Å². The van der Waals surface area contributed by atoms with Gasteiger partial charge in [0.25, 0.3) is 0 Å². The van der Waals surface area contributed by atoms with Crippen LogP contribution in [0.15, 0.2) is 47.7 Å². The first-order valence-electron chi connectivity index (χ1n) is 9.10. The Morgan fingerprint density at radius 1 is 1.28 bits per heavy atom. The monoisotopic (exact) mass is 411 g/mol. The average molecular weight is 411 g/mol. The van der Waals surface area contributed by atoms with Crippen LogP contribution in [0, 0.1) is 11.3 Å². The summed E-state index contributed by atoms with van der Waals surface area (Å²) in [7, 11) is 0. The van der Waals surface area contributed by atoms with Gasteiger partial charge in [-0.3, -0.25) is 4.79 Å². The van der Waals surface area contributed by atoms with E-state index in [4.69, 9.17) is 20.5 Å². The molecule has 0 spiro atoms. The topological polar surface area (TPSA) is 106 Å². The summed E-state index contributed by atoms with van der Waals surface area (Å²) in [6.07, 6.45) is 0. The lowest BCUT2D eigenvalue weighted by Gasteiger charge is -2.28.